The van der Waals surface area contributed by atoms with Crippen LogP contribution < -0.4 is 0 Å². The Morgan fingerprint density at radius 1 is 1.75 bits per heavy atom. The van der Waals surface area contributed by atoms with Crippen molar-refractivity contribution in [2.24, 2.45) is 0 Å². The summed E-state index contributed by atoms with van der Waals surface area (Å²) in [6, 6.07) is 0. The van der Waals surface area contributed by atoms with E-state index in [0.29, 0.717) is 0 Å². The second-order valence-electron chi connectivity index (χ2n) is 0.698. The highest BCUT2D eigenvalue weighted by Crippen LogP contribution is 2.22. The molecular weight excluding hydrogens is 155 g/mol. The topological polar surface area (TPSA) is 72.8 Å². The first-order valence-electron chi connectivity index (χ1n) is 1.47. The monoisotopic (exact) mass is 159 g/mol. The van der Waals surface area contributed by atoms with Gasteiger partial charge in [0, 0.05) is 8.54 Å². The van der Waals surface area contributed by atoms with E-state index in [1.54, 1.807) is 0 Å². The molecule has 2 unspecified atom stereocenters. The predicted molar refractivity (Wildman–Crippen MR) is 26.5 cm³/mol. The Bertz CT molecular complexity index is 111. The Morgan fingerprint density at radius 3 is 2.38 bits per heavy atom. The maximum Gasteiger partial charge on any atom is 0.714 e. The smallest absolute Gasteiger partial charge is 0.281 e. The molecule has 0 aliphatic carbocycles. The van der Waals surface area contributed by atoms with Crippen molar-refractivity contribution in [2.75, 3.05) is 7.11 Å². The molecule has 0 saturated carbocycles. The van der Waals surface area contributed by atoms with Crippen LogP contribution in [0.1, 0.15) is 0 Å². The summed E-state index contributed by atoms with van der Waals surface area (Å²) < 4.78 is 35.1. The molecule has 0 rings (SSSR count). The molecule has 0 fully saturated rings. The normalized spacial score (nSPS) is 15.5. The van der Waals surface area contributed by atoms with Gasteiger partial charge in [-0.1, -0.05) is 0 Å². The van der Waals surface area contributed by atoms with Crippen LogP contribution in [-0.4, -0.2) is 15.9 Å². The van der Waals surface area contributed by atoms with E-state index in [-0.39, 0.29) is 0 Å². The van der Waals surface area contributed by atoms with Crippen LogP contribution in [0, 0.1) is 0 Å². The van der Waals surface area contributed by atoms with Crippen molar-refractivity contribution in [1.29, 1.82) is 0 Å². The average molecular weight is 159 g/mol. The quantitative estimate of drug-likeness (QED) is 0.477. The summed E-state index contributed by atoms with van der Waals surface area (Å²) in [5.41, 5.74) is 0. The van der Waals surface area contributed by atoms with Crippen LogP contribution in [0.4, 0.5) is 0 Å². The van der Waals surface area contributed by atoms with E-state index < -0.39 is 19.6 Å². The number of hydrogen-bond acceptors (Lipinski definition) is 4. The van der Waals surface area contributed by atoms with E-state index in [0.717, 1.165) is 7.11 Å². The molecule has 5 nitrogen and oxygen atoms in total. The highest BCUT2D eigenvalue weighted by Gasteiger charge is 2.21. The minimum atomic E-state index is -2.50. The molecule has 7 heteroatoms. The highest BCUT2D eigenvalue weighted by molar-refractivity contribution is 7.78. The molecule has 48 valence electrons. The largest absolute Gasteiger partial charge is 0.714 e. The van der Waals surface area contributed by atoms with Gasteiger partial charge in [0.1, 0.15) is 0 Å². The van der Waals surface area contributed by atoms with Crippen LogP contribution in [0.2, 0.25) is 0 Å². The van der Waals surface area contributed by atoms with Gasteiger partial charge in [-0.3, -0.25) is 4.55 Å². The molecule has 0 radical (unpaired) electrons. The Hall–Kier alpha value is 0.130. The standard InChI is InChI=1S/CH3O5PS/c1-5-7(2)6-8(3)4/h1H3/p+1. The Morgan fingerprint density at radius 2 is 2.25 bits per heavy atom. The molecule has 0 aliphatic heterocycles. The molecule has 1 N–H and O–H groups in total. The molecule has 0 aromatic rings. The summed E-state index contributed by atoms with van der Waals surface area (Å²) in [4.78, 5) is 0. The number of rotatable bonds is 3. The fourth-order valence-electron chi connectivity index (χ4n) is 0.0825. The molecule has 0 heterocycles. The van der Waals surface area contributed by atoms with Gasteiger partial charge < -0.3 is 0 Å². The zero-order valence-corrected chi connectivity index (χ0v) is 5.65. The van der Waals surface area contributed by atoms with Crippen molar-refractivity contribution in [2.45, 2.75) is 0 Å². The molecule has 0 saturated heterocycles. The Labute approximate surface area is 49.4 Å². The molecule has 0 amide bonds. The predicted octanol–water partition coefficient (Wildman–Crippen LogP) is 0.443. The maximum atomic E-state index is 9.97. The molecular formula is CH4O5PS+. The third-order valence-corrected chi connectivity index (χ3v) is 1.57. The molecule has 0 aromatic carbocycles. The van der Waals surface area contributed by atoms with Crippen molar-refractivity contribution in [3.8, 4) is 0 Å². The molecule has 0 aliphatic rings. The van der Waals surface area contributed by atoms with Crippen LogP contribution >= 0.6 is 8.25 Å². The summed E-state index contributed by atoms with van der Waals surface area (Å²) >= 11 is -2.50. The third kappa shape index (κ3) is 4.29. The lowest BCUT2D eigenvalue weighted by atomic mass is 11.8. The van der Waals surface area contributed by atoms with E-state index in [2.05, 4.69) is 8.49 Å². The second-order valence-corrected chi connectivity index (χ2v) is 2.54. The first-order chi connectivity index (χ1) is 3.66. The van der Waals surface area contributed by atoms with Gasteiger partial charge in [0.25, 0.3) is 0 Å². The van der Waals surface area contributed by atoms with Crippen molar-refractivity contribution in [3.05, 3.63) is 0 Å². The summed E-state index contributed by atoms with van der Waals surface area (Å²) in [7, 11) is -1.32. The van der Waals surface area contributed by atoms with Gasteiger partial charge in [0.05, 0.1) is 7.11 Å². The Kier molecular flexibility index (Phi) is 4.12. The van der Waals surface area contributed by atoms with Crippen LogP contribution in [0.25, 0.3) is 0 Å². The van der Waals surface area contributed by atoms with E-state index in [1.807, 2.05) is 0 Å². The zero-order valence-electron chi connectivity index (χ0n) is 3.94. The van der Waals surface area contributed by atoms with Crippen molar-refractivity contribution < 1.29 is 21.8 Å². The molecule has 0 aromatic heterocycles. The van der Waals surface area contributed by atoms with E-state index in [1.165, 1.54) is 0 Å². The summed E-state index contributed by atoms with van der Waals surface area (Å²) in [5.74, 6) is 0. The van der Waals surface area contributed by atoms with Gasteiger partial charge in [0.15, 0.2) is 0 Å². The fraction of sp³-hybridized carbons (Fsp3) is 1.00. The fourth-order valence-corrected chi connectivity index (χ4v) is 0.742. The molecule has 0 bridgehead atoms. The molecule has 0 spiro atoms. The van der Waals surface area contributed by atoms with Crippen LogP contribution in [0.3, 0.4) is 0 Å². The third-order valence-electron chi connectivity index (χ3n) is 0.274. The van der Waals surface area contributed by atoms with Gasteiger partial charge in [-0.15, -0.1) is 4.52 Å². The SMILES string of the molecule is CO[P+](=O)OS(=O)O. The van der Waals surface area contributed by atoms with Gasteiger partial charge in [-0.25, -0.2) is 0 Å². The van der Waals surface area contributed by atoms with Crippen LogP contribution in [0.15, 0.2) is 0 Å². The van der Waals surface area contributed by atoms with Crippen molar-refractivity contribution >= 4 is 19.6 Å². The van der Waals surface area contributed by atoms with Gasteiger partial charge in [0.2, 0.25) is 0 Å². The van der Waals surface area contributed by atoms with E-state index in [4.69, 9.17) is 4.55 Å². The summed E-state index contributed by atoms with van der Waals surface area (Å²) in [6.07, 6.45) is 0. The van der Waals surface area contributed by atoms with E-state index >= 15 is 0 Å². The van der Waals surface area contributed by atoms with Gasteiger partial charge >= 0.3 is 19.6 Å². The lowest BCUT2D eigenvalue weighted by molar-refractivity contribution is 0.344. The van der Waals surface area contributed by atoms with Crippen LogP contribution in [-0.2, 0) is 24.4 Å². The first-order valence-corrected chi connectivity index (χ1v) is 3.60. The number of hydrogen-bond donors (Lipinski definition) is 1. The minimum absolute atomic E-state index is 1.10. The lowest BCUT2D eigenvalue weighted by Gasteiger charge is -1.73. The van der Waals surface area contributed by atoms with Crippen molar-refractivity contribution in [3.63, 3.8) is 0 Å². The Balaban J connectivity index is 3.40. The van der Waals surface area contributed by atoms with Gasteiger partial charge in [-0.05, 0) is 0 Å². The van der Waals surface area contributed by atoms with Gasteiger partial charge in [-0.2, -0.15) is 4.21 Å². The molecule has 8 heavy (non-hydrogen) atoms. The average Bonchev–Trinajstić information content (AvgIpc) is 1.65. The maximum absolute atomic E-state index is 9.97. The van der Waals surface area contributed by atoms with Crippen molar-refractivity contribution in [1.82, 2.24) is 0 Å². The molecule has 2 atom stereocenters. The zero-order chi connectivity index (χ0) is 6.57. The van der Waals surface area contributed by atoms with E-state index in [9.17, 15) is 8.77 Å². The summed E-state index contributed by atoms with van der Waals surface area (Å²) in [6.45, 7) is 0. The highest BCUT2D eigenvalue weighted by atomic mass is 32.2. The van der Waals surface area contributed by atoms with Crippen LogP contribution in [0.5, 0.6) is 0 Å². The lowest BCUT2D eigenvalue weighted by Crippen LogP contribution is -1.85. The second kappa shape index (κ2) is 4.05. The summed E-state index contributed by atoms with van der Waals surface area (Å²) in [5, 5.41) is 0. The first kappa shape index (κ1) is 8.13. The minimum Gasteiger partial charge on any atom is -0.281 e.